The van der Waals surface area contributed by atoms with E-state index in [9.17, 15) is 12.8 Å². The van der Waals surface area contributed by atoms with E-state index >= 15 is 0 Å². The molecule has 0 radical (unpaired) electrons. The van der Waals surface area contributed by atoms with E-state index in [0.717, 1.165) is 12.1 Å². The number of aromatic nitrogens is 1. The summed E-state index contributed by atoms with van der Waals surface area (Å²) in [6.07, 6.45) is 3.56. The molecule has 0 unspecified atom stereocenters. The van der Waals surface area contributed by atoms with E-state index in [1.54, 1.807) is 13.1 Å². The van der Waals surface area contributed by atoms with Crippen LogP contribution in [-0.4, -0.2) is 48.8 Å². The Kier molecular flexibility index (Phi) is 4.93. The molecule has 3 rings (SSSR count). The Bertz CT molecular complexity index is 804. The van der Waals surface area contributed by atoms with Gasteiger partial charge in [-0.1, -0.05) is 6.07 Å². The second kappa shape index (κ2) is 6.96. The van der Waals surface area contributed by atoms with Gasteiger partial charge in [-0.15, -0.1) is 0 Å². The Morgan fingerprint density at radius 2 is 1.92 bits per heavy atom. The van der Waals surface area contributed by atoms with Crippen molar-refractivity contribution in [1.29, 1.82) is 0 Å². The fraction of sp³-hybridized carbons (Fsp3) is 0.353. The largest absolute Gasteiger partial charge is 0.296 e. The van der Waals surface area contributed by atoms with Gasteiger partial charge in [-0.2, -0.15) is 4.31 Å². The van der Waals surface area contributed by atoms with E-state index in [1.807, 2.05) is 18.3 Å². The summed E-state index contributed by atoms with van der Waals surface area (Å²) in [5.74, 6) is -0.393. The van der Waals surface area contributed by atoms with Gasteiger partial charge in [-0.3, -0.25) is 9.88 Å². The lowest BCUT2D eigenvalue weighted by atomic mass is 10.2. The number of piperazine rings is 1. The van der Waals surface area contributed by atoms with Gasteiger partial charge in [0.15, 0.2) is 0 Å². The number of aryl methyl sites for hydroxylation is 1. The lowest BCUT2D eigenvalue weighted by Gasteiger charge is -2.34. The number of hydrogen-bond acceptors (Lipinski definition) is 4. The summed E-state index contributed by atoms with van der Waals surface area (Å²) in [4.78, 5) is 6.46. The highest BCUT2D eigenvalue weighted by Gasteiger charge is 2.28. The molecule has 0 amide bonds. The van der Waals surface area contributed by atoms with E-state index in [2.05, 4.69) is 9.88 Å². The van der Waals surface area contributed by atoms with Gasteiger partial charge < -0.3 is 0 Å². The maximum absolute atomic E-state index is 13.4. The summed E-state index contributed by atoms with van der Waals surface area (Å²) in [5.41, 5.74) is 1.45. The molecule has 1 aromatic carbocycles. The predicted molar refractivity (Wildman–Crippen MR) is 89.4 cm³/mol. The molecule has 0 bridgehead atoms. The number of sulfonamides is 1. The van der Waals surface area contributed by atoms with Gasteiger partial charge in [0.05, 0.1) is 4.90 Å². The summed E-state index contributed by atoms with van der Waals surface area (Å²) < 4.78 is 40.2. The van der Waals surface area contributed by atoms with Crippen LogP contribution in [0, 0.1) is 12.7 Å². The van der Waals surface area contributed by atoms with Crippen molar-refractivity contribution < 1.29 is 12.8 Å². The van der Waals surface area contributed by atoms with Crippen LogP contribution in [-0.2, 0) is 16.6 Å². The molecule has 1 saturated heterocycles. The van der Waals surface area contributed by atoms with Crippen LogP contribution in [0.2, 0.25) is 0 Å². The van der Waals surface area contributed by atoms with Gasteiger partial charge in [0.25, 0.3) is 0 Å². The molecule has 1 aromatic heterocycles. The molecular formula is C17H20FN3O2S. The molecule has 0 N–H and O–H groups in total. The average molecular weight is 349 g/mol. The molecule has 0 saturated carbocycles. The van der Waals surface area contributed by atoms with E-state index in [-0.39, 0.29) is 4.90 Å². The first kappa shape index (κ1) is 17.0. The normalized spacial score (nSPS) is 17.1. The number of pyridine rings is 1. The first-order valence-electron chi connectivity index (χ1n) is 7.84. The van der Waals surface area contributed by atoms with E-state index in [1.165, 1.54) is 22.5 Å². The summed E-state index contributed by atoms with van der Waals surface area (Å²) in [5, 5.41) is 0. The minimum atomic E-state index is -3.57. The first-order valence-corrected chi connectivity index (χ1v) is 9.28. The van der Waals surface area contributed by atoms with Gasteiger partial charge in [0, 0.05) is 45.1 Å². The molecule has 5 nitrogen and oxygen atoms in total. The zero-order chi connectivity index (χ0) is 17.2. The van der Waals surface area contributed by atoms with E-state index in [4.69, 9.17) is 0 Å². The smallest absolute Gasteiger partial charge is 0.243 e. The highest BCUT2D eigenvalue weighted by Crippen LogP contribution is 2.20. The zero-order valence-corrected chi connectivity index (χ0v) is 14.3. The van der Waals surface area contributed by atoms with E-state index in [0.29, 0.717) is 31.7 Å². The van der Waals surface area contributed by atoms with Gasteiger partial charge in [0.1, 0.15) is 5.82 Å². The lowest BCUT2D eigenvalue weighted by molar-refractivity contribution is 0.181. The lowest BCUT2D eigenvalue weighted by Crippen LogP contribution is -2.48. The SMILES string of the molecule is Cc1cc(S(=O)(=O)N2CCN(Cc3cccnc3)CC2)ccc1F. The summed E-state index contributed by atoms with van der Waals surface area (Å²) in [7, 11) is -3.57. The number of hydrogen-bond donors (Lipinski definition) is 0. The van der Waals surface area contributed by atoms with Crippen LogP contribution < -0.4 is 0 Å². The van der Waals surface area contributed by atoms with Crippen LogP contribution in [0.3, 0.4) is 0 Å². The van der Waals surface area contributed by atoms with Crippen molar-refractivity contribution in [3.8, 4) is 0 Å². The molecule has 0 atom stereocenters. The second-order valence-corrected chi connectivity index (χ2v) is 7.89. The summed E-state index contributed by atoms with van der Waals surface area (Å²) in [6, 6.07) is 7.84. The van der Waals surface area contributed by atoms with Crippen LogP contribution in [0.4, 0.5) is 4.39 Å². The van der Waals surface area contributed by atoms with Gasteiger partial charge in [-0.05, 0) is 42.3 Å². The highest BCUT2D eigenvalue weighted by atomic mass is 32.2. The molecule has 2 heterocycles. The van der Waals surface area contributed by atoms with Crippen LogP contribution in [0.15, 0.2) is 47.6 Å². The molecule has 128 valence electrons. The third kappa shape index (κ3) is 3.63. The molecule has 1 fully saturated rings. The predicted octanol–water partition coefficient (Wildman–Crippen LogP) is 2.04. The first-order chi connectivity index (χ1) is 11.5. The van der Waals surface area contributed by atoms with Crippen molar-refractivity contribution in [3.05, 3.63) is 59.7 Å². The van der Waals surface area contributed by atoms with Crippen LogP contribution in [0.5, 0.6) is 0 Å². The van der Waals surface area contributed by atoms with Gasteiger partial charge in [0.2, 0.25) is 10.0 Å². The number of rotatable bonds is 4. The Labute approximate surface area is 141 Å². The molecule has 1 aliphatic heterocycles. The number of benzene rings is 1. The third-order valence-electron chi connectivity index (χ3n) is 4.23. The van der Waals surface area contributed by atoms with Crippen LogP contribution in [0.1, 0.15) is 11.1 Å². The number of nitrogens with zero attached hydrogens (tertiary/aromatic N) is 3. The Hall–Kier alpha value is -1.83. The van der Waals surface area contributed by atoms with Crippen molar-refractivity contribution in [2.75, 3.05) is 26.2 Å². The van der Waals surface area contributed by atoms with Crippen molar-refractivity contribution in [1.82, 2.24) is 14.2 Å². The molecule has 0 spiro atoms. The molecular weight excluding hydrogens is 329 g/mol. The van der Waals surface area contributed by atoms with Crippen molar-refractivity contribution in [3.63, 3.8) is 0 Å². The summed E-state index contributed by atoms with van der Waals surface area (Å²) in [6.45, 7) is 4.51. The Morgan fingerprint density at radius 3 is 2.54 bits per heavy atom. The monoisotopic (exact) mass is 349 g/mol. The molecule has 2 aromatic rings. The van der Waals surface area contributed by atoms with Crippen molar-refractivity contribution in [2.45, 2.75) is 18.4 Å². The fourth-order valence-corrected chi connectivity index (χ4v) is 4.31. The molecule has 0 aliphatic carbocycles. The van der Waals surface area contributed by atoms with Crippen LogP contribution in [0.25, 0.3) is 0 Å². The van der Waals surface area contributed by atoms with Crippen molar-refractivity contribution >= 4 is 10.0 Å². The van der Waals surface area contributed by atoms with E-state index < -0.39 is 15.8 Å². The molecule has 24 heavy (non-hydrogen) atoms. The second-order valence-electron chi connectivity index (χ2n) is 5.95. The summed E-state index contributed by atoms with van der Waals surface area (Å²) >= 11 is 0. The Balaban J connectivity index is 1.66. The van der Waals surface area contributed by atoms with Crippen LogP contribution >= 0.6 is 0 Å². The highest BCUT2D eigenvalue weighted by molar-refractivity contribution is 7.89. The standard InChI is InChI=1S/C17H20FN3O2S/c1-14-11-16(4-5-17(14)18)24(22,23)21-9-7-20(8-10-21)13-15-3-2-6-19-12-15/h2-6,11-12H,7-10,13H2,1H3. The Morgan fingerprint density at radius 1 is 1.17 bits per heavy atom. The van der Waals surface area contributed by atoms with Gasteiger partial charge >= 0.3 is 0 Å². The number of halogens is 1. The quantitative estimate of drug-likeness (QED) is 0.848. The average Bonchev–Trinajstić information content (AvgIpc) is 2.58. The third-order valence-corrected chi connectivity index (χ3v) is 6.12. The minimum absolute atomic E-state index is 0.155. The zero-order valence-electron chi connectivity index (χ0n) is 13.5. The molecule has 7 heteroatoms. The maximum atomic E-state index is 13.4. The maximum Gasteiger partial charge on any atom is 0.243 e. The van der Waals surface area contributed by atoms with Crippen molar-refractivity contribution in [2.24, 2.45) is 0 Å². The fourth-order valence-electron chi connectivity index (χ4n) is 2.80. The molecule has 1 aliphatic rings. The topological polar surface area (TPSA) is 53.5 Å². The van der Waals surface area contributed by atoms with Gasteiger partial charge in [-0.25, -0.2) is 12.8 Å². The minimum Gasteiger partial charge on any atom is -0.296 e.